The average Bonchev–Trinajstić information content (AvgIpc) is 3.25. The molecule has 0 bridgehead atoms. The number of fused-ring (bicyclic) bond motifs is 3. The lowest BCUT2D eigenvalue weighted by Crippen LogP contribution is -2.25. The molecule has 0 radical (unpaired) electrons. The molecule has 6 heteroatoms. The highest BCUT2D eigenvalue weighted by molar-refractivity contribution is 7.99. The van der Waals surface area contributed by atoms with Gasteiger partial charge in [0.15, 0.2) is 0 Å². The van der Waals surface area contributed by atoms with Crippen molar-refractivity contribution in [3.05, 3.63) is 71.8 Å². The number of aromatic amines is 1. The van der Waals surface area contributed by atoms with Gasteiger partial charge < -0.3 is 20.7 Å². The summed E-state index contributed by atoms with van der Waals surface area (Å²) in [6, 6.07) is 20.6. The number of anilines is 2. The van der Waals surface area contributed by atoms with Gasteiger partial charge in [0, 0.05) is 32.9 Å². The normalized spacial score (nSPS) is 12.6. The minimum Gasteiger partial charge on any atom is -0.478 e. The van der Waals surface area contributed by atoms with Crippen molar-refractivity contribution in [2.24, 2.45) is 5.73 Å². The number of carbonyl (C=O) groups is 1. The van der Waals surface area contributed by atoms with E-state index in [1.165, 1.54) is 5.39 Å². The predicted molar refractivity (Wildman–Crippen MR) is 131 cm³/mol. The van der Waals surface area contributed by atoms with Crippen LogP contribution in [0.15, 0.2) is 70.5 Å². The third-order valence-corrected chi connectivity index (χ3v) is 7.03. The van der Waals surface area contributed by atoms with E-state index >= 15 is 0 Å². The zero-order valence-corrected chi connectivity index (χ0v) is 18.7. The Morgan fingerprint density at radius 2 is 1.94 bits per heavy atom. The molecule has 0 amide bonds. The summed E-state index contributed by atoms with van der Waals surface area (Å²) in [6.07, 6.45) is 1.63. The summed E-state index contributed by atoms with van der Waals surface area (Å²) < 4.78 is 0. The van der Waals surface area contributed by atoms with Gasteiger partial charge in [-0.2, -0.15) is 0 Å². The number of carboxylic acids is 1. The van der Waals surface area contributed by atoms with Crippen LogP contribution >= 0.6 is 11.8 Å². The first kappa shape index (κ1) is 20.7. The summed E-state index contributed by atoms with van der Waals surface area (Å²) >= 11 is 1.65. The summed E-state index contributed by atoms with van der Waals surface area (Å²) in [6.45, 7) is 3.47. The number of carboxylic acid groups (broad SMARTS) is 1. The fourth-order valence-electron chi connectivity index (χ4n) is 4.38. The first-order chi connectivity index (χ1) is 15.6. The van der Waals surface area contributed by atoms with Crippen LogP contribution < -0.4 is 10.6 Å². The average molecular weight is 444 g/mol. The number of aryl methyl sites for hydroxylation is 1. The van der Waals surface area contributed by atoms with Crippen LogP contribution in [-0.2, 0) is 6.42 Å². The molecule has 0 saturated heterocycles. The van der Waals surface area contributed by atoms with Gasteiger partial charge in [0.1, 0.15) is 0 Å². The lowest BCUT2D eigenvalue weighted by molar-refractivity contribution is 0.0696. The summed E-state index contributed by atoms with van der Waals surface area (Å²) in [5.74, 6) is -0.894. The zero-order chi connectivity index (χ0) is 22.2. The van der Waals surface area contributed by atoms with Crippen molar-refractivity contribution in [3.8, 4) is 11.3 Å². The molecule has 5 rings (SSSR count). The maximum atomic E-state index is 11.7. The highest BCUT2D eigenvalue weighted by Crippen LogP contribution is 2.51. The number of H-pyrrole nitrogens is 1. The Labute approximate surface area is 191 Å². The topological polar surface area (TPSA) is 82.3 Å². The molecule has 0 saturated carbocycles. The fraction of sp³-hybridized carbons (Fsp3) is 0.192. The van der Waals surface area contributed by atoms with Crippen molar-refractivity contribution in [2.45, 2.75) is 29.6 Å². The van der Waals surface area contributed by atoms with E-state index in [0.29, 0.717) is 12.1 Å². The van der Waals surface area contributed by atoms with Gasteiger partial charge in [-0.15, -0.1) is 0 Å². The van der Waals surface area contributed by atoms with Crippen LogP contribution in [0.1, 0.15) is 29.3 Å². The van der Waals surface area contributed by atoms with Gasteiger partial charge in [-0.3, -0.25) is 0 Å². The Hall–Kier alpha value is -3.22. The van der Waals surface area contributed by atoms with E-state index in [0.717, 1.165) is 62.9 Å². The second-order valence-electron chi connectivity index (χ2n) is 7.99. The maximum absolute atomic E-state index is 11.7. The van der Waals surface area contributed by atoms with Crippen LogP contribution in [0.5, 0.6) is 0 Å². The summed E-state index contributed by atoms with van der Waals surface area (Å²) in [7, 11) is 0. The third kappa shape index (κ3) is 3.55. The van der Waals surface area contributed by atoms with Gasteiger partial charge in [0.2, 0.25) is 0 Å². The van der Waals surface area contributed by atoms with Gasteiger partial charge in [-0.1, -0.05) is 43.0 Å². The standard InChI is InChI=1S/C26H25N3O2S/c1-2-16-12-19(26(30)31)15-24-25(16)29(11-5-10-27)22-9-8-18(14-23(22)32-24)21-13-17-6-3-4-7-20(17)28-21/h3-4,6-9,12-15,28H,2,5,10-11,27H2,1H3,(H,30,31). The molecule has 1 aliphatic heterocycles. The molecule has 3 aromatic carbocycles. The highest BCUT2D eigenvalue weighted by atomic mass is 32.2. The van der Waals surface area contributed by atoms with Gasteiger partial charge >= 0.3 is 5.97 Å². The molecule has 0 spiro atoms. The molecule has 0 aliphatic carbocycles. The Bertz CT molecular complexity index is 1300. The minimum absolute atomic E-state index is 0.335. The number of aromatic carboxylic acids is 1. The largest absolute Gasteiger partial charge is 0.478 e. The quantitative estimate of drug-likeness (QED) is 0.338. The molecule has 32 heavy (non-hydrogen) atoms. The SMILES string of the molecule is CCc1cc(C(=O)O)cc2c1N(CCCN)c1ccc(-c3cc4ccccc4[nH]3)cc1S2. The van der Waals surface area contributed by atoms with Crippen LogP contribution in [0.4, 0.5) is 11.4 Å². The Balaban J connectivity index is 1.63. The molecule has 0 fully saturated rings. The molecule has 162 valence electrons. The number of aromatic nitrogens is 1. The monoisotopic (exact) mass is 443 g/mol. The van der Waals surface area contributed by atoms with Gasteiger partial charge in [-0.05, 0) is 66.9 Å². The second kappa shape index (κ2) is 8.37. The van der Waals surface area contributed by atoms with Crippen LogP contribution in [-0.4, -0.2) is 29.1 Å². The summed E-state index contributed by atoms with van der Waals surface area (Å²) in [5.41, 5.74) is 12.8. The second-order valence-corrected chi connectivity index (χ2v) is 9.07. The minimum atomic E-state index is -0.894. The number of nitrogens with zero attached hydrogens (tertiary/aromatic N) is 1. The van der Waals surface area contributed by atoms with E-state index in [1.807, 2.05) is 12.1 Å². The van der Waals surface area contributed by atoms with Gasteiger partial charge in [-0.25, -0.2) is 4.79 Å². The molecular weight excluding hydrogens is 418 g/mol. The fourth-order valence-corrected chi connectivity index (χ4v) is 5.61. The predicted octanol–water partition coefficient (Wildman–Crippen LogP) is 6.05. The Kier molecular flexibility index (Phi) is 5.41. The number of benzene rings is 3. The Morgan fingerprint density at radius 3 is 2.69 bits per heavy atom. The van der Waals surface area contributed by atoms with Crippen molar-refractivity contribution < 1.29 is 9.90 Å². The third-order valence-electron chi connectivity index (χ3n) is 5.95. The molecular formula is C26H25N3O2S. The van der Waals surface area contributed by atoms with Crippen LogP contribution in [0.3, 0.4) is 0 Å². The number of rotatable bonds is 6. The molecule has 4 N–H and O–H groups in total. The molecule has 2 heterocycles. The molecule has 0 atom stereocenters. The van der Waals surface area contributed by atoms with Crippen LogP contribution in [0.2, 0.25) is 0 Å². The van der Waals surface area contributed by atoms with E-state index in [4.69, 9.17) is 5.73 Å². The molecule has 4 aromatic rings. The molecule has 1 aromatic heterocycles. The van der Waals surface area contributed by atoms with Gasteiger partial charge in [0.05, 0.1) is 16.9 Å². The number of hydrogen-bond donors (Lipinski definition) is 3. The van der Waals surface area contributed by atoms with E-state index in [2.05, 4.69) is 53.2 Å². The van der Waals surface area contributed by atoms with E-state index in [9.17, 15) is 9.90 Å². The number of nitrogens with two attached hydrogens (primary N) is 1. The van der Waals surface area contributed by atoms with Gasteiger partial charge in [0.25, 0.3) is 0 Å². The Morgan fingerprint density at radius 1 is 1.09 bits per heavy atom. The van der Waals surface area contributed by atoms with Crippen molar-refractivity contribution in [3.63, 3.8) is 0 Å². The van der Waals surface area contributed by atoms with Crippen molar-refractivity contribution in [2.75, 3.05) is 18.0 Å². The lowest BCUT2D eigenvalue weighted by Gasteiger charge is -2.35. The highest BCUT2D eigenvalue weighted by Gasteiger charge is 2.27. The van der Waals surface area contributed by atoms with E-state index in [-0.39, 0.29) is 0 Å². The maximum Gasteiger partial charge on any atom is 0.335 e. The first-order valence-corrected chi connectivity index (χ1v) is 11.7. The van der Waals surface area contributed by atoms with Crippen molar-refractivity contribution >= 4 is 40.0 Å². The smallest absolute Gasteiger partial charge is 0.335 e. The summed E-state index contributed by atoms with van der Waals surface area (Å²) in [4.78, 5) is 19.7. The molecule has 1 aliphatic rings. The number of hydrogen-bond acceptors (Lipinski definition) is 4. The number of nitrogens with one attached hydrogen (secondary N) is 1. The van der Waals surface area contributed by atoms with E-state index in [1.54, 1.807) is 23.9 Å². The van der Waals surface area contributed by atoms with Crippen LogP contribution in [0, 0.1) is 0 Å². The lowest BCUT2D eigenvalue weighted by atomic mass is 10.0. The van der Waals surface area contributed by atoms with Crippen molar-refractivity contribution in [1.29, 1.82) is 0 Å². The van der Waals surface area contributed by atoms with E-state index < -0.39 is 5.97 Å². The number of para-hydroxylation sites is 1. The molecule has 0 unspecified atom stereocenters. The zero-order valence-electron chi connectivity index (χ0n) is 17.9. The van der Waals surface area contributed by atoms with Crippen molar-refractivity contribution in [1.82, 2.24) is 4.98 Å². The van der Waals surface area contributed by atoms with Crippen LogP contribution in [0.25, 0.3) is 22.2 Å². The first-order valence-electron chi connectivity index (χ1n) is 10.9. The summed E-state index contributed by atoms with van der Waals surface area (Å²) in [5, 5.41) is 10.8. The molecule has 5 nitrogen and oxygen atoms in total.